The molecule has 1 fully saturated rings. The smallest absolute Gasteiger partial charge is 0.281 e. The average Bonchev–Trinajstić information content (AvgIpc) is 2.70. The fraction of sp³-hybridized carbons (Fsp3) is 1.00. The van der Waals surface area contributed by atoms with E-state index in [4.69, 9.17) is 0 Å². The summed E-state index contributed by atoms with van der Waals surface area (Å²) in [5.74, 6) is 0. The van der Waals surface area contributed by atoms with Crippen LogP contribution in [0.4, 0.5) is 0 Å². The Balaban J connectivity index is 2.68. The molecule has 0 saturated carbocycles. The van der Waals surface area contributed by atoms with Crippen LogP contribution in [-0.4, -0.2) is 68.0 Å². The first-order chi connectivity index (χ1) is 7.91. The van der Waals surface area contributed by atoms with Crippen LogP contribution in [0.15, 0.2) is 0 Å². The highest BCUT2D eigenvalue weighted by atomic mass is 32.2. The number of likely N-dealkylation sites (N-methyl/N-ethyl adjacent to an activating group) is 1. The summed E-state index contributed by atoms with van der Waals surface area (Å²) in [5.41, 5.74) is 0. The summed E-state index contributed by atoms with van der Waals surface area (Å²) >= 11 is 0. The molecular weight excluding hydrogens is 242 g/mol. The van der Waals surface area contributed by atoms with Crippen molar-refractivity contribution in [2.75, 3.05) is 33.7 Å². The van der Waals surface area contributed by atoms with Crippen LogP contribution in [0, 0.1) is 0 Å². The lowest BCUT2D eigenvalue weighted by Crippen LogP contribution is -2.49. The van der Waals surface area contributed by atoms with Gasteiger partial charge in [-0.25, -0.2) is 0 Å². The molecule has 1 rings (SSSR count). The number of hydrogen-bond donors (Lipinski definition) is 2. The third-order valence-electron chi connectivity index (χ3n) is 3.20. The van der Waals surface area contributed by atoms with E-state index in [9.17, 15) is 13.5 Å². The summed E-state index contributed by atoms with van der Waals surface area (Å²) in [5, 5.41) is 12.7. The van der Waals surface area contributed by atoms with E-state index in [-0.39, 0.29) is 6.04 Å². The Morgan fingerprint density at radius 1 is 1.35 bits per heavy atom. The molecule has 1 aliphatic rings. The molecule has 2 atom stereocenters. The molecule has 0 bridgehead atoms. The highest BCUT2D eigenvalue weighted by Crippen LogP contribution is 2.14. The number of hydrogen-bond acceptors (Lipinski definition) is 4. The van der Waals surface area contributed by atoms with Crippen molar-refractivity contribution >= 4 is 10.2 Å². The van der Waals surface area contributed by atoms with Crippen molar-refractivity contribution in [1.29, 1.82) is 0 Å². The molecule has 0 aromatic rings. The number of nitrogens with one attached hydrogen (secondary N) is 1. The van der Waals surface area contributed by atoms with Crippen LogP contribution in [0.2, 0.25) is 0 Å². The Morgan fingerprint density at radius 2 is 2.00 bits per heavy atom. The Kier molecular flexibility index (Phi) is 5.33. The largest absolute Gasteiger partial charge is 0.390 e. The molecule has 0 spiro atoms. The minimum absolute atomic E-state index is 0.371. The SMILES string of the molecule is CCCCN(C)S(=O)(=O)N(C)[C@H]1CNC[C@@H]1O. The van der Waals surface area contributed by atoms with Crippen LogP contribution in [0.3, 0.4) is 0 Å². The number of unbranched alkanes of at least 4 members (excludes halogenated alkanes) is 1. The fourth-order valence-electron chi connectivity index (χ4n) is 1.91. The maximum Gasteiger partial charge on any atom is 0.281 e. The van der Waals surface area contributed by atoms with Gasteiger partial charge < -0.3 is 10.4 Å². The van der Waals surface area contributed by atoms with Crippen LogP contribution in [0.25, 0.3) is 0 Å². The molecule has 0 aromatic carbocycles. The van der Waals surface area contributed by atoms with Gasteiger partial charge in [-0.15, -0.1) is 0 Å². The van der Waals surface area contributed by atoms with Crippen molar-refractivity contribution in [3.8, 4) is 0 Å². The first-order valence-electron chi connectivity index (χ1n) is 5.99. The predicted molar refractivity (Wildman–Crippen MR) is 66.9 cm³/mol. The molecule has 2 N–H and O–H groups in total. The Labute approximate surface area is 104 Å². The van der Waals surface area contributed by atoms with Crippen molar-refractivity contribution in [2.24, 2.45) is 0 Å². The number of β-amino-alcohol motifs (C(OH)–C–C–N with tert-alkyl or cyclic N) is 1. The normalized spacial score (nSPS) is 26.0. The van der Waals surface area contributed by atoms with Gasteiger partial charge in [-0.1, -0.05) is 13.3 Å². The highest BCUT2D eigenvalue weighted by molar-refractivity contribution is 7.86. The Morgan fingerprint density at radius 3 is 2.47 bits per heavy atom. The van der Waals surface area contributed by atoms with E-state index >= 15 is 0 Å². The zero-order valence-corrected chi connectivity index (χ0v) is 11.6. The van der Waals surface area contributed by atoms with Gasteiger partial charge in [-0.3, -0.25) is 0 Å². The molecular formula is C10H23N3O3S. The minimum Gasteiger partial charge on any atom is -0.390 e. The number of nitrogens with zero attached hydrogens (tertiary/aromatic N) is 2. The second-order valence-electron chi connectivity index (χ2n) is 4.49. The number of aliphatic hydroxyl groups excluding tert-OH is 1. The van der Waals surface area contributed by atoms with E-state index in [0.29, 0.717) is 19.6 Å². The second-order valence-corrected chi connectivity index (χ2v) is 6.59. The molecule has 0 unspecified atom stereocenters. The molecule has 0 amide bonds. The van der Waals surface area contributed by atoms with Gasteiger partial charge in [0.05, 0.1) is 12.1 Å². The number of rotatable bonds is 6. The Bertz CT molecular complexity index is 334. The van der Waals surface area contributed by atoms with Crippen LogP contribution in [-0.2, 0) is 10.2 Å². The molecule has 1 heterocycles. The van der Waals surface area contributed by atoms with Crippen LogP contribution in [0.1, 0.15) is 19.8 Å². The average molecular weight is 265 g/mol. The zero-order valence-electron chi connectivity index (χ0n) is 10.8. The molecule has 1 aliphatic heterocycles. The third kappa shape index (κ3) is 3.38. The highest BCUT2D eigenvalue weighted by Gasteiger charge is 2.36. The van der Waals surface area contributed by atoms with Crippen molar-refractivity contribution in [2.45, 2.75) is 31.9 Å². The van der Waals surface area contributed by atoms with Crippen LogP contribution in [0.5, 0.6) is 0 Å². The van der Waals surface area contributed by atoms with E-state index in [0.717, 1.165) is 12.8 Å². The Hall–Kier alpha value is -0.210. The molecule has 0 aliphatic carbocycles. The molecule has 7 heteroatoms. The molecule has 0 radical (unpaired) electrons. The number of aliphatic hydroxyl groups is 1. The summed E-state index contributed by atoms with van der Waals surface area (Å²) < 4.78 is 27.0. The predicted octanol–water partition coefficient (Wildman–Crippen LogP) is -0.772. The van der Waals surface area contributed by atoms with Gasteiger partial charge >= 0.3 is 0 Å². The minimum atomic E-state index is -3.46. The van der Waals surface area contributed by atoms with Crippen molar-refractivity contribution in [3.63, 3.8) is 0 Å². The fourth-order valence-corrected chi connectivity index (χ4v) is 3.27. The molecule has 17 heavy (non-hydrogen) atoms. The standard InChI is InChI=1S/C10H23N3O3S/c1-4-5-6-12(2)17(15,16)13(3)9-7-11-8-10(9)14/h9-11,14H,4-8H2,1-3H3/t9-,10-/m0/s1. The third-order valence-corrected chi connectivity index (χ3v) is 5.17. The lowest BCUT2D eigenvalue weighted by atomic mass is 10.2. The van der Waals surface area contributed by atoms with E-state index < -0.39 is 16.3 Å². The first kappa shape index (κ1) is 14.8. The van der Waals surface area contributed by atoms with E-state index in [1.54, 1.807) is 7.05 Å². The van der Waals surface area contributed by atoms with E-state index in [1.165, 1.54) is 15.7 Å². The van der Waals surface area contributed by atoms with Gasteiger partial charge in [-0.2, -0.15) is 17.0 Å². The summed E-state index contributed by atoms with van der Waals surface area (Å²) in [6.07, 6.45) is 1.17. The van der Waals surface area contributed by atoms with Crippen molar-refractivity contribution in [3.05, 3.63) is 0 Å². The maximum atomic E-state index is 12.2. The lowest BCUT2D eigenvalue weighted by Gasteiger charge is -2.29. The second kappa shape index (κ2) is 6.10. The van der Waals surface area contributed by atoms with Crippen LogP contribution < -0.4 is 5.32 Å². The van der Waals surface area contributed by atoms with E-state index in [2.05, 4.69) is 5.32 Å². The summed E-state index contributed by atoms with van der Waals surface area (Å²) in [6, 6.07) is -0.371. The van der Waals surface area contributed by atoms with Gasteiger partial charge in [0.1, 0.15) is 0 Å². The monoisotopic (exact) mass is 265 g/mol. The van der Waals surface area contributed by atoms with Gasteiger partial charge in [0.25, 0.3) is 10.2 Å². The summed E-state index contributed by atoms with van der Waals surface area (Å²) in [4.78, 5) is 0. The lowest BCUT2D eigenvalue weighted by molar-refractivity contribution is 0.133. The van der Waals surface area contributed by atoms with Gasteiger partial charge in [0.15, 0.2) is 0 Å². The summed E-state index contributed by atoms with van der Waals surface area (Å²) in [7, 11) is -0.355. The van der Waals surface area contributed by atoms with Crippen molar-refractivity contribution < 1.29 is 13.5 Å². The topological polar surface area (TPSA) is 72.9 Å². The van der Waals surface area contributed by atoms with E-state index in [1.807, 2.05) is 6.92 Å². The quantitative estimate of drug-likeness (QED) is 0.661. The molecule has 102 valence electrons. The van der Waals surface area contributed by atoms with Gasteiger partial charge in [0, 0.05) is 33.7 Å². The molecule has 6 nitrogen and oxygen atoms in total. The zero-order chi connectivity index (χ0) is 13.1. The van der Waals surface area contributed by atoms with Gasteiger partial charge in [-0.05, 0) is 6.42 Å². The first-order valence-corrected chi connectivity index (χ1v) is 7.39. The van der Waals surface area contributed by atoms with Crippen molar-refractivity contribution in [1.82, 2.24) is 13.9 Å². The summed E-state index contributed by atoms with van der Waals surface area (Å²) in [6.45, 7) is 3.48. The van der Waals surface area contributed by atoms with Gasteiger partial charge in [0.2, 0.25) is 0 Å². The molecule has 1 saturated heterocycles. The van der Waals surface area contributed by atoms with Crippen LogP contribution >= 0.6 is 0 Å². The maximum absolute atomic E-state index is 12.2. The molecule has 0 aromatic heterocycles.